The van der Waals surface area contributed by atoms with Gasteiger partial charge in [-0.25, -0.2) is 8.78 Å². The second kappa shape index (κ2) is 7.20. The zero-order chi connectivity index (χ0) is 17.1. The number of benzene rings is 2. The smallest absolute Gasteiger partial charge is 0.193 e. The van der Waals surface area contributed by atoms with Crippen molar-refractivity contribution in [1.29, 1.82) is 0 Å². The van der Waals surface area contributed by atoms with Gasteiger partial charge in [0.1, 0.15) is 0 Å². The van der Waals surface area contributed by atoms with Crippen molar-refractivity contribution in [3.05, 3.63) is 70.8 Å². The molecule has 1 fully saturated rings. The standard InChI is InChI=1S/C19H20F2N2O/c1-22-7-9-23(10-8-22)13-14-3-2-4-15(11-14)19(24)16-5-6-17(20)18(21)12-16/h2-6,11-12H,7-10,13H2,1H3. The molecule has 0 atom stereocenters. The lowest BCUT2D eigenvalue weighted by Gasteiger charge is -2.32. The molecular weight excluding hydrogens is 310 g/mol. The van der Waals surface area contributed by atoms with Gasteiger partial charge in [-0.05, 0) is 36.9 Å². The minimum Gasteiger partial charge on any atom is -0.304 e. The summed E-state index contributed by atoms with van der Waals surface area (Å²) in [7, 11) is 2.11. The fourth-order valence-corrected chi connectivity index (χ4v) is 2.88. The molecule has 126 valence electrons. The van der Waals surface area contributed by atoms with Crippen LogP contribution < -0.4 is 0 Å². The van der Waals surface area contributed by atoms with Gasteiger partial charge in [0.15, 0.2) is 17.4 Å². The van der Waals surface area contributed by atoms with Crippen LogP contribution >= 0.6 is 0 Å². The van der Waals surface area contributed by atoms with Crippen LogP contribution in [0.1, 0.15) is 21.5 Å². The van der Waals surface area contributed by atoms with Crippen LogP contribution in [-0.2, 0) is 6.54 Å². The maximum Gasteiger partial charge on any atom is 0.193 e. The summed E-state index contributed by atoms with van der Waals surface area (Å²) >= 11 is 0. The van der Waals surface area contributed by atoms with E-state index < -0.39 is 11.6 Å². The largest absolute Gasteiger partial charge is 0.304 e. The second-order valence-corrected chi connectivity index (χ2v) is 6.24. The first kappa shape index (κ1) is 16.7. The van der Waals surface area contributed by atoms with Gasteiger partial charge in [-0.3, -0.25) is 9.69 Å². The van der Waals surface area contributed by atoms with Crippen molar-refractivity contribution >= 4 is 5.78 Å². The Kier molecular flexibility index (Phi) is 5.02. The first-order valence-corrected chi connectivity index (χ1v) is 8.02. The van der Waals surface area contributed by atoms with E-state index in [0.717, 1.165) is 50.4 Å². The summed E-state index contributed by atoms with van der Waals surface area (Å²) in [6.07, 6.45) is 0. The Morgan fingerprint density at radius 1 is 0.958 bits per heavy atom. The Hall–Kier alpha value is -2.11. The van der Waals surface area contributed by atoms with Crippen molar-refractivity contribution < 1.29 is 13.6 Å². The molecule has 0 spiro atoms. The maximum atomic E-state index is 13.3. The van der Waals surface area contributed by atoms with Crippen LogP contribution in [0.2, 0.25) is 0 Å². The number of ketones is 1. The Balaban J connectivity index is 1.74. The van der Waals surface area contributed by atoms with Crippen molar-refractivity contribution in [3.8, 4) is 0 Å². The predicted molar refractivity (Wildman–Crippen MR) is 89.0 cm³/mol. The van der Waals surface area contributed by atoms with Gasteiger partial charge < -0.3 is 4.90 Å². The molecule has 0 amide bonds. The van der Waals surface area contributed by atoms with Gasteiger partial charge in [-0.2, -0.15) is 0 Å². The topological polar surface area (TPSA) is 23.6 Å². The molecule has 1 heterocycles. The molecule has 3 nitrogen and oxygen atoms in total. The Labute approximate surface area is 140 Å². The molecule has 5 heteroatoms. The monoisotopic (exact) mass is 330 g/mol. The molecule has 2 aromatic carbocycles. The van der Waals surface area contributed by atoms with Crippen LogP contribution in [0.3, 0.4) is 0 Å². The van der Waals surface area contributed by atoms with Crippen molar-refractivity contribution in [1.82, 2.24) is 9.80 Å². The SMILES string of the molecule is CN1CCN(Cc2cccc(C(=O)c3ccc(F)c(F)c3)c2)CC1. The number of likely N-dealkylation sites (N-methyl/N-ethyl adjacent to an activating group) is 1. The van der Waals surface area contributed by atoms with E-state index in [1.165, 1.54) is 6.07 Å². The number of carbonyl (C=O) groups is 1. The fourth-order valence-electron chi connectivity index (χ4n) is 2.88. The summed E-state index contributed by atoms with van der Waals surface area (Å²) in [5.74, 6) is -2.25. The van der Waals surface area contributed by atoms with Crippen LogP contribution in [-0.4, -0.2) is 48.8 Å². The van der Waals surface area contributed by atoms with Gasteiger partial charge in [0.2, 0.25) is 0 Å². The second-order valence-electron chi connectivity index (χ2n) is 6.24. The number of hydrogen-bond donors (Lipinski definition) is 0. The third kappa shape index (κ3) is 3.86. The van der Waals surface area contributed by atoms with E-state index in [1.807, 2.05) is 18.2 Å². The third-order valence-electron chi connectivity index (χ3n) is 4.37. The third-order valence-corrected chi connectivity index (χ3v) is 4.37. The van der Waals surface area contributed by atoms with Crippen LogP contribution in [0, 0.1) is 11.6 Å². The van der Waals surface area contributed by atoms with Crippen LogP contribution in [0.4, 0.5) is 8.78 Å². The molecule has 1 aliphatic heterocycles. The first-order valence-electron chi connectivity index (χ1n) is 8.02. The van der Waals surface area contributed by atoms with Crippen molar-refractivity contribution in [2.24, 2.45) is 0 Å². The quantitative estimate of drug-likeness (QED) is 0.806. The molecule has 0 saturated carbocycles. The molecule has 2 aromatic rings. The van der Waals surface area contributed by atoms with E-state index >= 15 is 0 Å². The zero-order valence-corrected chi connectivity index (χ0v) is 13.6. The van der Waals surface area contributed by atoms with Gasteiger partial charge in [-0.1, -0.05) is 18.2 Å². The fraction of sp³-hybridized carbons (Fsp3) is 0.316. The number of nitrogens with zero attached hydrogens (tertiary/aromatic N) is 2. The number of carbonyl (C=O) groups excluding carboxylic acids is 1. The number of piperazine rings is 1. The Morgan fingerprint density at radius 3 is 2.38 bits per heavy atom. The van der Waals surface area contributed by atoms with E-state index in [1.54, 1.807) is 6.07 Å². The Morgan fingerprint density at radius 2 is 1.67 bits per heavy atom. The average molecular weight is 330 g/mol. The lowest BCUT2D eigenvalue weighted by molar-refractivity contribution is 0.103. The molecule has 1 aliphatic rings. The molecule has 0 radical (unpaired) electrons. The molecule has 0 N–H and O–H groups in total. The van der Waals surface area contributed by atoms with E-state index in [2.05, 4.69) is 16.8 Å². The first-order chi connectivity index (χ1) is 11.5. The zero-order valence-electron chi connectivity index (χ0n) is 13.6. The molecular formula is C19H20F2N2O. The van der Waals surface area contributed by atoms with E-state index in [-0.39, 0.29) is 11.3 Å². The Bertz CT molecular complexity index is 740. The van der Waals surface area contributed by atoms with E-state index in [9.17, 15) is 13.6 Å². The average Bonchev–Trinajstić information content (AvgIpc) is 2.59. The number of hydrogen-bond acceptors (Lipinski definition) is 3. The van der Waals surface area contributed by atoms with E-state index in [0.29, 0.717) is 5.56 Å². The van der Waals surface area contributed by atoms with Crippen LogP contribution in [0.15, 0.2) is 42.5 Å². The van der Waals surface area contributed by atoms with Crippen molar-refractivity contribution in [3.63, 3.8) is 0 Å². The summed E-state index contributed by atoms with van der Waals surface area (Å²) in [6, 6.07) is 10.6. The molecule has 24 heavy (non-hydrogen) atoms. The minimum atomic E-state index is -1.01. The number of halogens is 2. The van der Waals surface area contributed by atoms with Crippen LogP contribution in [0.5, 0.6) is 0 Å². The van der Waals surface area contributed by atoms with Gasteiger partial charge in [0.05, 0.1) is 0 Å². The highest BCUT2D eigenvalue weighted by atomic mass is 19.2. The molecule has 3 rings (SSSR count). The van der Waals surface area contributed by atoms with Gasteiger partial charge in [0.25, 0.3) is 0 Å². The molecule has 0 unspecified atom stereocenters. The minimum absolute atomic E-state index is 0.158. The highest BCUT2D eigenvalue weighted by Gasteiger charge is 2.16. The maximum absolute atomic E-state index is 13.3. The number of rotatable bonds is 4. The van der Waals surface area contributed by atoms with Gasteiger partial charge in [-0.15, -0.1) is 0 Å². The highest BCUT2D eigenvalue weighted by molar-refractivity contribution is 6.09. The van der Waals surface area contributed by atoms with Gasteiger partial charge in [0, 0.05) is 43.9 Å². The summed E-state index contributed by atoms with van der Waals surface area (Å²) in [5, 5.41) is 0. The highest BCUT2D eigenvalue weighted by Crippen LogP contribution is 2.16. The van der Waals surface area contributed by atoms with E-state index in [4.69, 9.17) is 0 Å². The lowest BCUT2D eigenvalue weighted by atomic mass is 10.0. The molecule has 0 bridgehead atoms. The summed E-state index contributed by atoms with van der Waals surface area (Å²) in [5.41, 5.74) is 1.70. The lowest BCUT2D eigenvalue weighted by Crippen LogP contribution is -2.43. The van der Waals surface area contributed by atoms with Gasteiger partial charge >= 0.3 is 0 Å². The summed E-state index contributed by atoms with van der Waals surface area (Å²) in [6.45, 7) is 4.85. The predicted octanol–water partition coefficient (Wildman–Crippen LogP) is 2.94. The normalized spacial score (nSPS) is 16.3. The van der Waals surface area contributed by atoms with Crippen molar-refractivity contribution in [2.45, 2.75) is 6.54 Å². The molecule has 0 aromatic heterocycles. The van der Waals surface area contributed by atoms with Crippen LogP contribution in [0.25, 0.3) is 0 Å². The molecule has 0 aliphatic carbocycles. The van der Waals surface area contributed by atoms with Crippen molar-refractivity contribution in [2.75, 3.05) is 33.2 Å². The molecule has 1 saturated heterocycles. The summed E-state index contributed by atoms with van der Waals surface area (Å²) in [4.78, 5) is 17.1. The summed E-state index contributed by atoms with van der Waals surface area (Å²) < 4.78 is 26.4.